The Kier molecular flexibility index (Phi) is 3.48. The quantitative estimate of drug-likeness (QED) is 0.743. The van der Waals surface area contributed by atoms with E-state index in [0.717, 1.165) is 5.56 Å². The van der Waals surface area contributed by atoms with Crippen molar-refractivity contribution in [2.45, 2.75) is 0 Å². The summed E-state index contributed by atoms with van der Waals surface area (Å²) in [6.07, 6.45) is 0. The molecule has 0 spiro atoms. The van der Waals surface area contributed by atoms with Gasteiger partial charge in [-0.05, 0) is 12.1 Å². The standard InChI is InChI=1S/C18H14N2O/c19-15-11-12-16(18(21)14-9-5-2-6-10-14)20-17(15)13-7-3-1-4-8-13/h1-12H,19H2. The number of ketones is 1. The van der Waals surface area contributed by atoms with E-state index in [9.17, 15) is 4.79 Å². The topological polar surface area (TPSA) is 56.0 Å². The molecule has 0 aliphatic rings. The number of pyridine rings is 1. The van der Waals surface area contributed by atoms with Gasteiger partial charge in [-0.2, -0.15) is 0 Å². The first kappa shape index (κ1) is 13.1. The van der Waals surface area contributed by atoms with Gasteiger partial charge in [0.1, 0.15) is 5.69 Å². The van der Waals surface area contributed by atoms with Crippen molar-refractivity contribution in [3.63, 3.8) is 0 Å². The summed E-state index contributed by atoms with van der Waals surface area (Å²) in [5.74, 6) is -0.104. The van der Waals surface area contributed by atoms with Crippen LogP contribution in [-0.4, -0.2) is 10.8 Å². The molecule has 0 radical (unpaired) electrons. The molecule has 0 unspecified atom stereocenters. The Labute approximate surface area is 123 Å². The fourth-order valence-corrected chi connectivity index (χ4v) is 2.16. The van der Waals surface area contributed by atoms with Gasteiger partial charge < -0.3 is 5.73 Å². The fourth-order valence-electron chi connectivity index (χ4n) is 2.16. The number of nitrogens with two attached hydrogens (primary N) is 1. The van der Waals surface area contributed by atoms with Crippen molar-refractivity contribution in [2.75, 3.05) is 5.73 Å². The predicted octanol–water partition coefficient (Wildman–Crippen LogP) is 3.56. The van der Waals surface area contributed by atoms with Crippen LogP contribution in [0.25, 0.3) is 11.3 Å². The minimum Gasteiger partial charge on any atom is -0.397 e. The predicted molar refractivity (Wildman–Crippen MR) is 84.0 cm³/mol. The number of hydrogen-bond acceptors (Lipinski definition) is 3. The van der Waals surface area contributed by atoms with E-state index in [2.05, 4.69) is 4.98 Å². The summed E-state index contributed by atoms with van der Waals surface area (Å²) >= 11 is 0. The zero-order chi connectivity index (χ0) is 14.7. The molecule has 0 aliphatic carbocycles. The molecule has 0 fully saturated rings. The van der Waals surface area contributed by atoms with Crippen molar-refractivity contribution in [3.05, 3.63) is 84.1 Å². The van der Waals surface area contributed by atoms with E-state index in [0.29, 0.717) is 22.6 Å². The zero-order valence-corrected chi connectivity index (χ0v) is 11.4. The molecular weight excluding hydrogens is 260 g/mol. The third kappa shape index (κ3) is 2.67. The second-order valence-electron chi connectivity index (χ2n) is 4.70. The molecule has 3 aromatic rings. The molecule has 0 atom stereocenters. The molecule has 21 heavy (non-hydrogen) atoms. The van der Waals surface area contributed by atoms with Gasteiger partial charge in [-0.1, -0.05) is 60.7 Å². The molecule has 0 saturated heterocycles. The minimum absolute atomic E-state index is 0.104. The third-order valence-electron chi connectivity index (χ3n) is 3.24. The van der Waals surface area contributed by atoms with Crippen LogP contribution in [0, 0.1) is 0 Å². The number of aromatic nitrogens is 1. The molecule has 0 saturated carbocycles. The van der Waals surface area contributed by atoms with E-state index >= 15 is 0 Å². The highest BCUT2D eigenvalue weighted by molar-refractivity contribution is 6.08. The SMILES string of the molecule is Nc1ccc(C(=O)c2ccccc2)nc1-c1ccccc1. The van der Waals surface area contributed by atoms with E-state index < -0.39 is 0 Å². The molecule has 102 valence electrons. The molecule has 0 amide bonds. The normalized spacial score (nSPS) is 10.3. The smallest absolute Gasteiger partial charge is 0.211 e. The first-order valence-corrected chi connectivity index (χ1v) is 6.67. The molecule has 0 aliphatic heterocycles. The lowest BCUT2D eigenvalue weighted by atomic mass is 10.1. The highest BCUT2D eigenvalue weighted by Crippen LogP contribution is 2.24. The molecule has 1 aromatic heterocycles. The Bertz CT molecular complexity index is 768. The minimum atomic E-state index is -0.104. The van der Waals surface area contributed by atoms with Crippen LogP contribution in [0.15, 0.2) is 72.8 Å². The molecule has 3 nitrogen and oxygen atoms in total. The van der Waals surface area contributed by atoms with E-state index in [1.807, 2.05) is 48.5 Å². The monoisotopic (exact) mass is 274 g/mol. The number of anilines is 1. The molecular formula is C18H14N2O. The Morgan fingerprint density at radius 2 is 1.43 bits per heavy atom. The summed E-state index contributed by atoms with van der Waals surface area (Å²) in [6.45, 7) is 0. The van der Waals surface area contributed by atoms with Crippen molar-refractivity contribution >= 4 is 11.5 Å². The average Bonchev–Trinajstić information content (AvgIpc) is 2.56. The zero-order valence-electron chi connectivity index (χ0n) is 11.4. The van der Waals surface area contributed by atoms with Crippen molar-refractivity contribution in [1.82, 2.24) is 4.98 Å². The van der Waals surface area contributed by atoms with Crippen molar-refractivity contribution < 1.29 is 4.79 Å². The molecule has 2 N–H and O–H groups in total. The van der Waals surface area contributed by atoms with Gasteiger partial charge >= 0.3 is 0 Å². The summed E-state index contributed by atoms with van der Waals surface area (Å²) in [6, 6.07) is 22.1. The lowest BCUT2D eigenvalue weighted by Gasteiger charge is -2.07. The summed E-state index contributed by atoms with van der Waals surface area (Å²) in [4.78, 5) is 16.9. The highest BCUT2D eigenvalue weighted by Gasteiger charge is 2.13. The van der Waals surface area contributed by atoms with Crippen LogP contribution in [0.3, 0.4) is 0 Å². The third-order valence-corrected chi connectivity index (χ3v) is 3.24. The van der Waals surface area contributed by atoms with Gasteiger partial charge in [0.15, 0.2) is 0 Å². The average molecular weight is 274 g/mol. The van der Waals surface area contributed by atoms with Gasteiger partial charge in [0.2, 0.25) is 5.78 Å². The van der Waals surface area contributed by atoms with Gasteiger partial charge in [0.05, 0.1) is 11.4 Å². The Hall–Kier alpha value is -2.94. The Balaban J connectivity index is 2.04. The van der Waals surface area contributed by atoms with Gasteiger partial charge in [-0.3, -0.25) is 4.79 Å². The number of carbonyl (C=O) groups excluding carboxylic acids is 1. The second kappa shape index (κ2) is 5.59. The van der Waals surface area contributed by atoms with Crippen LogP contribution >= 0.6 is 0 Å². The van der Waals surface area contributed by atoms with Crippen LogP contribution in [0.2, 0.25) is 0 Å². The van der Waals surface area contributed by atoms with Crippen molar-refractivity contribution in [1.29, 1.82) is 0 Å². The number of nitrogen functional groups attached to an aromatic ring is 1. The van der Waals surface area contributed by atoms with Crippen molar-refractivity contribution in [3.8, 4) is 11.3 Å². The molecule has 0 bridgehead atoms. The van der Waals surface area contributed by atoms with E-state index in [4.69, 9.17) is 5.73 Å². The molecule has 3 rings (SSSR count). The summed E-state index contributed by atoms with van der Waals surface area (Å²) in [5, 5.41) is 0. The summed E-state index contributed by atoms with van der Waals surface area (Å²) in [5.41, 5.74) is 9.10. The Morgan fingerprint density at radius 3 is 2.10 bits per heavy atom. The number of hydrogen-bond donors (Lipinski definition) is 1. The second-order valence-corrected chi connectivity index (χ2v) is 4.70. The van der Waals surface area contributed by atoms with Gasteiger partial charge in [-0.15, -0.1) is 0 Å². The van der Waals surface area contributed by atoms with Crippen LogP contribution in [0.1, 0.15) is 16.1 Å². The van der Waals surface area contributed by atoms with E-state index in [1.54, 1.807) is 24.3 Å². The van der Waals surface area contributed by atoms with E-state index in [-0.39, 0.29) is 5.78 Å². The maximum absolute atomic E-state index is 12.4. The van der Waals surface area contributed by atoms with Crippen LogP contribution in [0.4, 0.5) is 5.69 Å². The first-order chi connectivity index (χ1) is 10.3. The number of benzene rings is 2. The van der Waals surface area contributed by atoms with Crippen LogP contribution in [-0.2, 0) is 0 Å². The molecule has 2 aromatic carbocycles. The summed E-state index contributed by atoms with van der Waals surface area (Å²) in [7, 11) is 0. The Morgan fingerprint density at radius 1 is 0.810 bits per heavy atom. The maximum atomic E-state index is 12.4. The fraction of sp³-hybridized carbons (Fsp3) is 0. The number of rotatable bonds is 3. The number of carbonyl (C=O) groups is 1. The van der Waals surface area contributed by atoms with E-state index in [1.165, 1.54) is 0 Å². The lowest BCUT2D eigenvalue weighted by Crippen LogP contribution is -2.06. The van der Waals surface area contributed by atoms with Crippen LogP contribution in [0.5, 0.6) is 0 Å². The van der Waals surface area contributed by atoms with Gasteiger partial charge in [0.25, 0.3) is 0 Å². The first-order valence-electron chi connectivity index (χ1n) is 6.67. The molecule has 3 heteroatoms. The summed E-state index contributed by atoms with van der Waals surface area (Å²) < 4.78 is 0. The number of nitrogens with zero attached hydrogens (tertiary/aromatic N) is 1. The maximum Gasteiger partial charge on any atom is 0.211 e. The van der Waals surface area contributed by atoms with Crippen molar-refractivity contribution in [2.24, 2.45) is 0 Å². The van der Waals surface area contributed by atoms with Crippen LogP contribution < -0.4 is 5.73 Å². The van der Waals surface area contributed by atoms with Gasteiger partial charge in [-0.25, -0.2) is 4.98 Å². The van der Waals surface area contributed by atoms with Gasteiger partial charge in [0, 0.05) is 11.1 Å². The lowest BCUT2D eigenvalue weighted by molar-refractivity contribution is 0.103. The highest BCUT2D eigenvalue weighted by atomic mass is 16.1. The molecule has 1 heterocycles. The largest absolute Gasteiger partial charge is 0.397 e.